The quantitative estimate of drug-likeness (QED) is 0.205. The third kappa shape index (κ3) is 4.00. The fourth-order valence-electron chi connectivity index (χ4n) is 4.48. The van der Waals surface area contributed by atoms with Gasteiger partial charge in [-0.05, 0) is 55.3 Å². The first kappa shape index (κ1) is 24.2. The van der Waals surface area contributed by atoms with Gasteiger partial charge in [0.05, 0.1) is 24.4 Å². The molecule has 184 valence electrons. The Hall–Kier alpha value is -3.50. The van der Waals surface area contributed by atoms with E-state index in [-0.39, 0.29) is 27.4 Å². The molecule has 10 heteroatoms. The molecule has 3 aromatic rings. The first-order valence-corrected chi connectivity index (χ1v) is 12.7. The van der Waals surface area contributed by atoms with E-state index in [1.807, 2.05) is 6.92 Å². The molecule has 0 spiro atoms. The minimum atomic E-state index is -0.947. The Morgan fingerprint density at radius 1 is 1.22 bits per heavy atom. The van der Waals surface area contributed by atoms with E-state index >= 15 is 0 Å². The molecule has 8 nitrogen and oxygen atoms in total. The van der Waals surface area contributed by atoms with Crippen molar-refractivity contribution in [2.45, 2.75) is 32.4 Å². The SMILES string of the molecule is COC(=O)c1sc(N2C(=O)C(=O)/C(=C(/O)c3ccc4c(c3)CC(C)O4)C2c2ccc(Br)cc2)nc1C. The van der Waals surface area contributed by atoms with E-state index in [2.05, 4.69) is 20.9 Å². The van der Waals surface area contributed by atoms with Gasteiger partial charge >= 0.3 is 11.9 Å². The first-order chi connectivity index (χ1) is 17.2. The number of hydrogen-bond acceptors (Lipinski definition) is 8. The van der Waals surface area contributed by atoms with Crippen LogP contribution in [0.25, 0.3) is 5.76 Å². The molecule has 1 N–H and O–H groups in total. The summed E-state index contributed by atoms with van der Waals surface area (Å²) in [7, 11) is 1.26. The van der Waals surface area contributed by atoms with E-state index in [0.29, 0.717) is 23.2 Å². The number of ether oxygens (including phenoxy) is 2. The highest BCUT2D eigenvalue weighted by Crippen LogP contribution is 2.44. The number of benzene rings is 2. The summed E-state index contributed by atoms with van der Waals surface area (Å²) in [6.07, 6.45) is 0.693. The molecule has 1 saturated heterocycles. The van der Waals surface area contributed by atoms with Gasteiger partial charge in [-0.1, -0.05) is 39.4 Å². The maximum atomic E-state index is 13.4. The number of halogens is 1. The van der Waals surface area contributed by atoms with Crippen LogP contribution in [0.15, 0.2) is 52.5 Å². The molecule has 0 radical (unpaired) electrons. The summed E-state index contributed by atoms with van der Waals surface area (Å²) in [5.74, 6) is -1.81. The van der Waals surface area contributed by atoms with Gasteiger partial charge in [0.1, 0.15) is 22.5 Å². The lowest BCUT2D eigenvalue weighted by molar-refractivity contribution is -0.132. The Bertz CT molecular complexity index is 1450. The third-order valence-corrected chi connectivity index (χ3v) is 7.83. The topological polar surface area (TPSA) is 106 Å². The number of aryl methyl sites for hydroxylation is 1. The van der Waals surface area contributed by atoms with Gasteiger partial charge in [-0.3, -0.25) is 14.5 Å². The number of esters is 1. The van der Waals surface area contributed by atoms with Gasteiger partial charge in [0.2, 0.25) is 0 Å². The largest absolute Gasteiger partial charge is 0.507 e. The van der Waals surface area contributed by atoms with E-state index in [1.165, 1.54) is 12.0 Å². The number of methoxy groups -OCH3 is 1. The molecule has 2 unspecified atom stereocenters. The molecule has 1 aromatic heterocycles. The Morgan fingerprint density at radius 2 is 1.94 bits per heavy atom. The Balaban J connectivity index is 1.68. The molecule has 36 heavy (non-hydrogen) atoms. The zero-order valence-electron chi connectivity index (χ0n) is 19.6. The lowest BCUT2D eigenvalue weighted by Crippen LogP contribution is -2.29. The third-order valence-electron chi connectivity index (χ3n) is 6.16. The van der Waals surface area contributed by atoms with Crippen molar-refractivity contribution < 1.29 is 29.0 Å². The fraction of sp³-hybridized carbons (Fsp3) is 0.231. The molecule has 0 bridgehead atoms. The van der Waals surface area contributed by atoms with Crippen molar-refractivity contribution in [3.63, 3.8) is 0 Å². The summed E-state index contributed by atoms with van der Waals surface area (Å²) in [4.78, 5) is 44.8. The van der Waals surface area contributed by atoms with Crippen LogP contribution in [0.1, 0.15) is 45.0 Å². The summed E-state index contributed by atoms with van der Waals surface area (Å²) < 4.78 is 11.4. The van der Waals surface area contributed by atoms with Crippen LogP contribution in [-0.2, 0) is 20.7 Å². The van der Waals surface area contributed by atoms with Crippen LogP contribution < -0.4 is 9.64 Å². The first-order valence-electron chi connectivity index (χ1n) is 11.1. The summed E-state index contributed by atoms with van der Waals surface area (Å²) >= 11 is 4.37. The number of ketones is 1. The minimum absolute atomic E-state index is 0.0166. The van der Waals surface area contributed by atoms with Gasteiger partial charge in [-0.2, -0.15) is 0 Å². The number of fused-ring (bicyclic) bond motifs is 1. The summed E-state index contributed by atoms with van der Waals surface area (Å²) in [5, 5.41) is 11.5. The number of hydrogen-bond donors (Lipinski definition) is 1. The average Bonchev–Trinajstić information content (AvgIpc) is 3.50. The second-order valence-corrected chi connectivity index (χ2v) is 10.5. The molecule has 1 fully saturated rings. The number of aliphatic hydroxyl groups excluding tert-OH is 1. The molecular formula is C26H21BrN2O6S. The lowest BCUT2D eigenvalue weighted by Gasteiger charge is -2.23. The van der Waals surface area contributed by atoms with Crippen molar-refractivity contribution in [1.29, 1.82) is 0 Å². The van der Waals surface area contributed by atoms with Crippen LogP contribution >= 0.6 is 27.3 Å². The van der Waals surface area contributed by atoms with E-state index < -0.39 is 23.7 Å². The van der Waals surface area contributed by atoms with E-state index in [0.717, 1.165) is 27.1 Å². The normalized spacial score (nSPS) is 20.4. The number of nitrogens with zero attached hydrogens (tertiary/aromatic N) is 2. The fourth-order valence-corrected chi connectivity index (χ4v) is 5.76. The monoisotopic (exact) mass is 568 g/mol. The lowest BCUT2D eigenvalue weighted by atomic mass is 9.94. The van der Waals surface area contributed by atoms with Gasteiger partial charge in [0.25, 0.3) is 5.78 Å². The maximum absolute atomic E-state index is 13.4. The number of aliphatic hydroxyl groups is 1. The Kier molecular flexibility index (Phi) is 6.17. The van der Waals surface area contributed by atoms with Crippen LogP contribution in [0.3, 0.4) is 0 Å². The average molecular weight is 569 g/mol. The zero-order valence-corrected chi connectivity index (χ0v) is 22.0. The van der Waals surface area contributed by atoms with E-state index in [9.17, 15) is 19.5 Å². The van der Waals surface area contributed by atoms with Crippen molar-refractivity contribution in [2.75, 3.05) is 12.0 Å². The van der Waals surface area contributed by atoms with Crippen molar-refractivity contribution in [3.05, 3.63) is 79.8 Å². The molecule has 5 rings (SSSR count). The number of carbonyl (C=O) groups is 3. The van der Waals surface area contributed by atoms with Gasteiger partial charge in [-0.15, -0.1) is 0 Å². The predicted molar refractivity (Wildman–Crippen MR) is 137 cm³/mol. The smallest absolute Gasteiger partial charge is 0.350 e. The molecule has 0 saturated carbocycles. The highest BCUT2D eigenvalue weighted by molar-refractivity contribution is 9.10. The minimum Gasteiger partial charge on any atom is -0.507 e. The predicted octanol–water partition coefficient (Wildman–Crippen LogP) is 4.95. The molecule has 2 aliphatic heterocycles. The van der Waals surface area contributed by atoms with Crippen molar-refractivity contribution in [2.24, 2.45) is 0 Å². The van der Waals surface area contributed by atoms with Crippen molar-refractivity contribution in [1.82, 2.24) is 4.98 Å². The molecule has 2 aromatic carbocycles. The van der Waals surface area contributed by atoms with Crippen LogP contribution in [0.4, 0.5) is 5.13 Å². The van der Waals surface area contributed by atoms with Crippen LogP contribution in [0, 0.1) is 6.92 Å². The number of rotatable bonds is 4. The number of amides is 1. The summed E-state index contributed by atoms with van der Waals surface area (Å²) in [5.41, 5.74) is 2.26. The standard InChI is InChI=1S/C26H21BrN2O6S/c1-12-10-16-11-15(6-9-18(16)35-12)21(30)19-20(14-4-7-17(27)8-5-14)29(24(32)22(19)31)26-28-13(2)23(36-26)25(33)34-3/h4-9,11-12,20,30H,10H2,1-3H3/b21-19+. The number of thiazole rings is 1. The molecule has 0 aliphatic carbocycles. The Labute approximate surface area is 219 Å². The number of aromatic nitrogens is 1. The molecular weight excluding hydrogens is 548 g/mol. The van der Waals surface area contributed by atoms with E-state index in [4.69, 9.17) is 9.47 Å². The molecule has 3 heterocycles. The van der Waals surface area contributed by atoms with Gasteiger partial charge in [-0.25, -0.2) is 9.78 Å². The maximum Gasteiger partial charge on any atom is 0.350 e. The molecule has 2 aliphatic rings. The van der Waals surface area contributed by atoms with Crippen LogP contribution in [0.5, 0.6) is 5.75 Å². The van der Waals surface area contributed by atoms with Crippen LogP contribution in [-0.4, -0.2) is 41.0 Å². The van der Waals surface area contributed by atoms with E-state index in [1.54, 1.807) is 49.4 Å². The highest BCUT2D eigenvalue weighted by atomic mass is 79.9. The zero-order chi connectivity index (χ0) is 25.7. The van der Waals surface area contributed by atoms with Crippen molar-refractivity contribution >= 4 is 55.8 Å². The summed E-state index contributed by atoms with van der Waals surface area (Å²) in [6.45, 7) is 3.59. The second kappa shape index (κ2) is 9.18. The number of anilines is 1. The second-order valence-electron chi connectivity index (χ2n) is 8.58. The molecule has 2 atom stereocenters. The van der Waals surface area contributed by atoms with Crippen molar-refractivity contribution in [3.8, 4) is 5.75 Å². The highest BCUT2D eigenvalue weighted by Gasteiger charge is 2.48. The van der Waals surface area contributed by atoms with Gasteiger partial charge < -0.3 is 14.6 Å². The summed E-state index contributed by atoms with van der Waals surface area (Å²) in [6, 6.07) is 11.4. The number of Topliss-reactive ketones (excluding diaryl/α,β-unsaturated/α-hetero) is 1. The molecule has 1 amide bonds. The number of carbonyl (C=O) groups excluding carboxylic acids is 3. The van der Waals surface area contributed by atoms with Crippen LogP contribution in [0.2, 0.25) is 0 Å². The van der Waals surface area contributed by atoms with Gasteiger partial charge in [0.15, 0.2) is 5.13 Å². The Morgan fingerprint density at radius 3 is 2.64 bits per heavy atom. The van der Waals surface area contributed by atoms with Gasteiger partial charge in [0, 0.05) is 16.5 Å².